The summed E-state index contributed by atoms with van der Waals surface area (Å²) < 4.78 is 0. The summed E-state index contributed by atoms with van der Waals surface area (Å²) in [6, 6.07) is 69.7. The fraction of sp³-hybridized carbons (Fsp3) is 0. The minimum Gasteiger partial charge on any atom is -0.321 e. The predicted molar refractivity (Wildman–Crippen MR) is 227 cm³/mol. The van der Waals surface area contributed by atoms with Gasteiger partial charge in [0.05, 0.1) is 11.4 Å². The van der Waals surface area contributed by atoms with Gasteiger partial charge in [0.1, 0.15) is 0 Å². The Kier molecular flexibility index (Phi) is 9.05. The second-order valence-electron chi connectivity index (χ2n) is 13.4. The smallest absolute Gasteiger partial charge is 0.256 e. The Morgan fingerprint density at radius 3 is 1.62 bits per heavy atom. The van der Waals surface area contributed by atoms with Crippen LogP contribution >= 0.6 is 0 Å². The van der Waals surface area contributed by atoms with Crippen molar-refractivity contribution in [3.8, 4) is 67.3 Å². The zero-order valence-electron chi connectivity index (χ0n) is 29.9. The summed E-state index contributed by atoms with van der Waals surface area (Å²) in [7, 11) is 0. The highest BCUT2D eigenvalue weighted by Gasteiger charge is 2.17. The highest BCUT2D eigenvalue weighted by molar-refractivity contribution is 6.14. The van der Waals surface area contributed by atoms with Crippen molar-refractivity contribution in [2.24, 2.45) is 0 Å². The minimum atomic E-state index is -0.157. The second-order valence-corrected chi connectivity index (χ2v) is 13.4. The number of hydrogen-bond donors (Lipinski definition) is 1. The van der Waals surface area contributed by atoms with Gasteiger partial charge in [0.15, 0.2) is 5.82 Å². The molecule has 0 fully saturated rings. The van der Waals surface area contributed by atoms with Crippen LogP contribution in [0.2, 0.25) is 0 Å². The number of aromatic nitrogens is 2. The molecule has 1 aromatic heterocycles. The van der Waals surface area contributed by atoms with Crippen molar-refractivity contribution in [2.75, 3.05) is 5.32 Å². The summed E-state index contributed by atoms with van der Waals surface area (Å²) >= 11 is 0. The Bertz CT molecular complexity index is 2720. The largest absolute Gasteiger partial charge is 0.321 e. The Morgan fingerprint density at radius 2 is 0.909 bits per heavy atom. The fourth-order valence-corrected chi connectivity index (χ4v) is 7.16. The van der Waals surface area contributed by atoms with Gasteiger partial charge in [-0.2, -0.15) is 0 Å². The number of benzene rings is 8. The standard InChI is InChI=1S/C51H35N3O/c55-51(46-26-14-22-37-17-10-11-24-43(37)46)54-49-33-41(31-32-45(49)44-25-13-12-23-42(44)36-15-4-1-5-16-36)35-27-29-39(30-28-35)48-34-47(38-18-6-2-7-19-38)52-50(53-48)40-20-8-3-9-21-40/h1-34H,(H,54,55). The number of nitrogens with zero attached hydrogens (tertiary/aromatic N) is 2. The molecule has 0 bridgehead atoms. The lowest BCUT2D eigenvalue weighted by Crippen LogP contribution is -2.13. The van der Waals surface area contributed by atoms with E-state index in [-0.39, 0.29) is 5.91 Å². The van der Waals surface area contributed by atoms with E-state index in [0.29, 0.717) is 11.4 Å². The zero-order chi connectivity index (χ0) is 37.0. The van der Waals surface area contributed by atoms with Gasteiger partial charge in [0.25, 0.3) is 5.91 Å². The van der Waals surface area contributed by atoms with Crippen molar-refractivity contribution in [3.05, 3.63) is 212 Å². The lowest BCUT2D eigenvalue weighted by Gasteiger charge is -2.17. The monoisotopic (exact) mass is 705 g/mol. The minimum absolute atomic E-state index is 0.157. The average molecular weight is 706 g/mol. The maximum absolute atomic E-state index is 14.2. The van der Waals surface area contributed by atoms with Gasteiger partial charge in [-0.1, -0.05) is 188 Å². The molecule has 0 unspecified atom stereocenters. The van der Waals surface area contributed by atoms with Gasteiger partial charge in [-0.25, -0.2) is 9.97 Å². The molecule has 260 valence electrons. The van der Waals surface area contributed by atoms with Gasteiger partial charge >= 0.3 is 0 Å². The number of hydrogen-bond acceptors (Lipinski definition) is 3. The molecule has 0 saturated heterocycles. The zero-order valence-corrected chi connectivity index (χ0v) is 29.9. The van der Waals surface area contributed by atoms with E-state index >= 15 is 0 Å². The van der Waals surface area contributed by atoms with Crippen LogP contribution in [0.4, 0.5) is 5.69 Å². The predicted octanol–water partition coefficient (Wildman–Crippen LogP) is 12.9. The summed E-state index contributed by atoms with van der Waals surface area (Å²) in [5, 5.41) is 5.27. The molecule has 1 N–H and O–H groups in total. The number of carbonyl (C=O) groups excluding carboxylic acids is 1. The summed E-state index contributed by atoms with van der Waals surface area (Å²) in [6.45, 7) is 0. The Morgan fingerprint density at radius 1 is 0.382 bits per heavy atom. The summed E-state index contributed by atoms with van der Waals surface area (Å²) in [5.41, 5.74) is 12.2. The molecule has 4 heteroatoms. The molecule has 4 nitrogen and oxygen atoms in total. The summed E-state index contributed by atoms with van der Waals surface area (Å²) in [4.78, 5) is 24.1. The number of rotatable bonds is 8. The average Bonchev–Trinajstić information content (AvgIpc) is 3.27. The van der Waals surface area contributed by atoms with Crippen LogP contribution in [0.15, 0.2) is 206 Å². The number of nitrogens with one attached hydrogen (secondary N) is 1. The van der Waals surface area contributed by atoms with Crippen LogP contribution in [0.25, 0.3) is 78.1 Å². The van der Waals surface area contributed by atoms with Gasteiger partial charge in [0.2, 0.25) is 0 Å². The Labute approximate surface area is 320 Å². The number of fused-ring (bicyclic) bond motifs is 1. The van der Waals surface area contributed by atoms with E-state index in [1.807, 2.05) is 103 Å². The number of anilines is 1. The third-order valence-corrected chi connectivity index (χ3v) is 9.95. The molecule has 9 rings (SSSR count). The first-order chi connectivity index (χ1) is 27.2. The molecule has 55 heavy (non-hydrogen) atoms. The first kappa shape index (κ1) is 33.4. The molecule has 0 aliphatic heterocycles. The molecule has 8 aromatic carbocycles. The van der Waals surface area contributed by atoms with Crippen LogP contribution in [0.5, 0.6) is 0 Å². The third-order valence-electron chi connectivity index (χ3n) is 9.95. The highest BCUT2D eigenvalue weighted by atomic mass is 16.1. The van der Waals surface area contributed by atoms with Crippen LogP contribution in [0.3, 0.4) is 0 Å². The highest BCUT2D eigenvalue weighted by Crippen LogP contribution is 2.39. The van der Waals surface area contributed by atoms with Crippen LogP contribution in [-0.2, 0) is 0 Å². The van der Waals surface area contributed by atoms with Gasteiger partial charge in [0, 0.05) is 33.5 Å². The van der Waals surface area contributed by atoms with Gasteiger partial charge in [-0.15, -0.1) is 0 Å². The molecule has 0 saturated carbocycles. The van der Waals surface area contributed by atoms with Crippen molar-refractivity contribution in [1.29, 1.82) is 0 Å². The first-order valence-corrected chi connectivity index (χ1v) is 18.4. The van der Waals surface area contributed by atoms with Crippen LogP contribution in [0.1, 0.15) is 10.4 Å². The molecule has 1 heterocycles. The van der Waals surface area contributed by atoms with E-state index < -0.39 is 0 Å². The SMILES string of the molecule is O=C(Nc1cc(-c2ccc(-c3cc(-c4ccccc4)nc(-c4ccccc4)n3)cc2)ccc1-c1ccccc1-c1ccccc1)c1cccc2ccccc12. The van der Waals surface area contributed by atoms with Crippen LogP contribution in [0, 0.1) is 0 Å². The van der Waals surface area contributed by atoms with E-state index in [0.717, 1.165) is 77.9 Å². The second kappa shape index (κ2) is 14.9. The first-order valence-electron chi connectivity index (χ1n) is 18.4. The molecule has 1 amide bonds. The number of carbonyl (C=O) groups is 1. The maximum Gasteiger partial charge on any atom is 0.256 e. The van der Waals surface area contributed by atoms with Crippen LogP contribution in [-0.4, -0.2) is 15.9 Å². The normalized spacial score (nSPS) is 11.0. The fourth-order valence-electron chi connectivity index (χ4n) is 7.16. The summed E-state index contributed by atoms with van der Waals surface area (Å²) in [6.07, 6.45) is 0. The molecule has 9 aromatic rings. The quantitative estimate of drug-likeness (QED) is 0.171. The van der Waals surface area contributed by atoms with Gasteiger partial charge in [-0.05, 0) is 56.8 Å². The van der Waals surface area contributed by atoms with E-state index in [1.165, 1.54) is 0 Å². The lowest BCUT2D eigenvalue weighted by atomic mass is 9.91. The Hall–Kier alpha value is -7.43. The Balaban J connectivity index is 1.12. The molecule has 0 atom stereocenters. The van der Waals surface area contributed by atoms with E-state index in [1.54, 1.807) is 0 Å². The molecule has 0 spiro atoms. The summed E-state index contributed by atoms with van der Waals surface area (Å²) in [5.74, 6) is 0.522. The molecule has 0 radical (unpaired) electrons. The molecule has 0 aliphatic carbocycles. The molecular weight excluding hydrogens is 671 g/mol. The number of amides is 1. The van der Waals surface area contributed by atoms with Crippen molar-refractivity contribution in [3.63, 3.8) is 0 Å². The van der Waals surface area contributed by atoms with Crippen LogP contribution < -0.4 is 5.32 Å². The van der Waals surface area contributed by atoms with Crippen molar-refractivity contribution < 1.29 is 4.79 Å². The molecular formula is C51H35N3O. The third kappa shape index (κ3) is 6.93. The van der Waals surface area contributed by atoms with E-state index in [9.17, 15) is 4.79 Å². The van der Waals surface area contributed by atoms with Gasteiger partial charge in [-0.3, -0.25) is 4.79 Å². The van der Waals surface area contributed by atoms with E-state index in [2.05, 4.69) is 108 Å². The van der Waals surface area contributed by atoms with Crippen molar-refractivity contribution in [2.45, 2.75) is 0 Å². The lowest BCUT2D eigenvalue weighted by molar-refractivity contribution is 0.102. The molecule has 0 aliphatic rings. The van der Waals surface area contributed by atoms with Crippen molar-refractivity contribution >= 4 is 22.4 Å². The van der Waals surface area contributed by atoms with Gasteiger partial charge < -0.3 is 5.32 Å². The maximum atomic E-state index is 14.2. The van der Waals surface area contributed by atoms with Crippen molar-refractivity contribution in [1.82, 2.24) is 9.97 Å². The topological polar surface area (TPSA) is 54.9 Å². The van der Waals surface area contributed by atoms with E-state index in [4.69, 9.17) is 9.97 Å².